The van der Waals surface area contributed by atoms with E-state index in [-0.39, 0.29) is 17.4 Å². The third-order valence-corrected chi connectivity index (χ3v) is 5.72. The minimum Gasteiger partial charge on any atom is -0.481 e. The lowest BCUT2D eigenvalue weighted by atomic mass is 9.81. The second kappa shape index (κ2) is 6.58. The molecule has 2 amide bonds. The summed E-state index contributed by atoms with van der Waals surface area (Å²) in [6.07, 6.45) is 2.24. The molecule has 3 rings (SSSR count). The summed E-state index contributed by atoms with van der Waals surface area (Å²) in [6, 6.07) is 5.92. The molecule has 5 nitrogen and oxygen atoms in total. The Morgan fingerprint density at radius 3 is 2.79 bits per heavy atom. The zero-order chi connectivity index (χ0) is 17.3. The molecular formula is C16H18F2N2O3S. The SMILES string of the molecule is O=C(Nc1ccccc1SC(F)F)N1C[C@@H]2CCC[C@@]2(C(=O)O)C1. The number of anilines is 1. The van der Waals surface area contributed by atoms with E-state index in [1.165, 1.54) is 11.0 Å². The van der Waals surface area contributed by atoms with Crippen LogP contribution in [0.25, 0.3) is 0 Å². The normalized spacial score (nSPS) is 25.8. The number of likely N-dealkylation sites (tertiary alicyclic amines) is 1. The summed E-state index contributed by atoms with van der Waals surface area (Å²) in [7, 11) is 0. The van der Waals surface area contributed by atoms with Crippen LogP contribution >= 0.6 is 11.8 Å². The van der Waals surface area contributed by atoms with Crippen molar-refractivity contribution in [3.63, 3.8) is 0 Å². The highest BCUT2D eigenvalue weighted by atomic mass is 32.2. The minimum atomic E-state index is -2.58. The van der Waals surface area contributed by atoms with Gasteiger partial charge in [0.1, 0.15) is 0 Å². The molecule has 1 heterocycles. The summed E-state index contributed by atoms with van der Waals surface area (Å²) in [5.74, 6) is -3.47. The number of rotatable bonds is 4. The van der Waals surface area contributed by atoms with E-state index in [0.717, 1.165) is 12.8 Å². The van der Waals surface area contributed by atoms with Gasteiger partial charge in [-0.3, -0.25) is 4.79 Å². The van der Waals surface area contributed by atoms with Crippen LogP contribution in [0, 0.1) is 11.3 Å². The van der Waals surface area contributed by atoms with Crippen molar-refractivity contribution >= 4 is 29.4 Å². The quantitative estimate of drug-likeness (QED) is 0.807. The zero-order valence-electron chi connectivity index (χ0n) is 12.9. The van der Waals surface area contributed by atoms with Gasteiger partial charge in [0.15, 0.2) is 0 Å². The molecule has 1 saturated carbocycles. The number of carboxylic acid groups (broad SMARTS) is 1. The number of hydrogen-bond acceptors (Lipinski definition) is 3. The van der Waals surface area contributed by atoms with Crippen molar-refractivity contribution in [1.82, 2.24) is 4.90 Å². The number of fused-ring (bicyclic) bond motifs is 1. The number of nitrogens with one attached hydrogen (secondary N) is 1. The smallest absolute Gasteiger partial charge is 0.321 e. The largest absolute Gasteiger partial charge is 0.481 e. The van der Waals surface area contributed by atoms with Crippen LogP contribution in [-0.4, -0.2) is 40.9 Å². The second-order valence-corrected chi connectivity index (χ2v) is 7.27. The molecule has 0 radical (unpaired) electrons. The molecule has 2 aliphatic rings. The molecule has 130 valence electrons. The van der Waals surface area contributed by atoms with Gasteiger partial charge in [-0.1, -0.05) is 30.3 Å². The topological polar surface area (TPSA) is 69.6 Å². The maximum absolute atomic E-state index is 12.6. The Kier molecular flexibility index (Phi) is 4.67. The fourth-order valence-electron chi connectivity index (χ4n) is 3.76. The van der Waals surface area contributed by atoms with Crippen molar-refractivity contribution in [2.45, 2.75) is 29.9 Å². The first kappa shape index (κ1) is 17.0. The van der Waals surface area contributed by atoms with E-state index in [1.54, 1.807) is 18.2 Å². The number of aliphatic carboxylic acids is 1. The summed E-state index contributed by atoms with van der Waals surface area (Å²) in [6.45, 7) is 0.561. The average Bonchev–Trinajstić information content (AvgIpc) is 3.06. The van der Waals surface area contributed by atoms with Gasteiger partial charge >= 0.3 is 12.0 Å². The maximum atomic E-state index is 12.6. The highest BCUT2D eigenvalue weighted by Crippen LogP contribution is 2.49. The van der Waals surface area contributed by atoms with E-state index in [4.69, 9.17) is 0 Å². The molecule has 0 spiro atoms. The second-order valence-electron chi connectivity index (χ2n) is 6.24. The Morgan fingerprint density at radius 2 is 2.12 bits per heavy atom. The van der Waals surface area contributed by atoms with Crippen LogP contribution < -0.4 is 5.32 Å². The molecule has 0 unspecified atom stereocenters. The number of amides is 2. The van der Waals surface area contributed by atoms with Gasteiger partial charge in [0, 0.05) is 18.0 Å². The molecule has 2 atom stereocenters. The minimum absolute atomic E-state index is 0.0357. The fraction of sp³-hybridized carbons (Fsp3) is 0.500. The number of carboxylic acids is 1. The lowest BCUT2D eigenvalue weighted by Gasteiger charge is -2.23. The van der Waals surface area contributed by atoms with E-state index < -0.39 is 23.2 Å². The first-order valence-electron chi connectivity index (χ1n) is 7.75. The molecule has 8 heteroatoms. The lowest BCUT2D eigenvalue weighted by molar-refractivity contribution is -0.149. The van der Waals surface area contributed by atoms with Crippen molar-refractivity contribution in [3.05, 3.63) is 24.3 Å². The molecule has 1 aliphatic carbocycles. The summed E-state index contributed by atoms with van der Waals surface area (Å²) in [5, 5.41) is 12.2. The molecule has 0 bridgehead atoms. The summed E-state index contributed by atoms with van der Waals surface area (Å²) < 4.78 is 25.2. The Morgan fingerprint density at radius 1 is 1.38 bits per heavy atom. The van der Waals surface area contributed by atoms with E-state index in [9.17, 15) is 23.5 Å². The van der Waals surface area contributed by atoms with Crippen molar-refractivity contribution < 1.29 is 23.5 Å². The number of alkyl halides is 2. The van der Waals surface area contributed by atoms with Crippen LogP contribution in [0.4, 0.5) is 19.3 Å². The standard InChI is InChI=1S/C16H18F2N2O3S/c17-14(18)24-12-6-2-1-5-11(12)19-15(23)20-8-10-4-3-7-16(10,9-20)13(21)22/h1-2,5-6,10,14H,3-4,7-9H2,(H,19,23)(H,21,22)/t10-,16+/m0/s1. The number of carbonyl (C=O) groups excluding carboxylic acids is 1. The number of benzene rings is 1. The Labute approximate surface area is 142 Å². The first-order valence-corrected chi connectivity index (χ1v) is 8.63. The van der Waals surface area contributed by atoms with Gasteiger partial charge in [0.05, 0.1) is 11.1 Å². The highest BCUT2D eigenvalue weighted by Gasteiger charge is 2.55. The van der Waals surface area contributed by atoms with Gasteiger partial charge in [0.2, 0.25) is 0 Å². The van der Waals surface area contributed by atoms with Crippen molar-refractivity contribution in [2.24, 2.45) is 11.3 Å². The van der Waals surface area contributed by atoms with Crippen molar-refractivity contribution in [1.29, 1.82) is 0 Å². The fourth-order valence-corrected chi connectivity index (χ4v) is 4.35. The van der Waals surface area contributed by atoms with Gasteiger partial charge in [0.25, 0.3) is 5.76 Å². The Balaban J connectivity index is 1.72. The summed E-state index contributed by atoms with van der Waals surface area (Å²) >= 11 is 0.370. The van der Waals surface area contributed by atoms with E-state index >= 15 is 0 Å². The van der Waals surface area contributed by atoms with Gasteiger partial charge in [-0.15, -0.1) is 0 Å². The van der Waals surface area contributed by atoms with Gasteiger partial charge < -0.3 is 15.3 Å². The van der Waals surface area contributed by atoms with Crippen LogP contribution in [0.15, 0.2) is 29.2 Å². The average molecular weight is 356 g/mol. The number of thioether (sulfide) groups is 1. The summed E-state index contributed by atoms with van der Waals surface area (Å²) in [4.78, 5) is 25.9. The van der Waals surface area contributed by atoms with E-state index in [0.29, 0.717) is 30.4 Å². The monoisotopic (exact) mass is 356 g/mol. The van der Waals surface area contributed by atoms with Crippen LogP contribution in [-0.2, 0) is 4.79 Å². The Hall–Kier alpha value is -1.83. The van der Waals surface area contributed by atoms with Crippen LogP contribution in [0.5, 0.6) is 0 Å². The van der Waals surface area contributed by atoms with Crippen LogP contribution in [0.2, 0.25) is 0 Å². The molecule has 1 aliphatic heterocycles. The van der Waals surface area contributed by atoms with Crippen molar-refractivity contribution in [3.8, 4) is 0 Å². The third-order valence-electron chi connectivity index (χ3n) is 4.93. The molecule has 1 aromatic rings. The number of hydrogen-bond donors (Lipinski definition) is 2. The van der Waals surface area contributed by atoms with E-state index in [1.807, 2.05) is 0 Å². The molecule has 1 aromatic carbocycles. The van der Waals surface area contributed by atoms with Crippen LogP contribution in [0.3, 0.4) is 0 Å². The molecule has 0 aromatic heterocycles. The zero-order valence-corrected chi connectivity index (χ0v) is 13.7. The molecule has 2 fully saturated rings. The number of halogens is 2. The van der Waals surface area contributed by atoms with Gasteiger partial charge in [-0.05, 0) is 30.9 Å². The van der Waals surface area contributed by atoms with Crippen molar-refractivity contribution in [2.75, 3.05) is 18.4 Å². The van der Waals surface area contributed by atoms with Gasteiger partial charge in [-0.25, -0.2) is 4.79 Å². The number of nitrogens with zero attached hydrogens (tertiary/aromatic N) is 1. The Bertz CT molecular complexity index is 658. The van der Waals surface area contributed by atoms with Crippen LogP contribution in [0.1, 0.15) is 19.3 Å². The number of urea groups is 1. The summed E-state index contributed by atoms with van der Waals surface area (Å²) in [5.41, 5.74) is -0.538. The molecule has 24 heavy (non-hydrogen) atoms. The lowest BCUT2D eigenvalue weighted by Crippen LogP contribution is -2.38. The maximum Gasteiger partial charge on any atom is 0.321 e. The third kappa shape index (κ3) is 3.07. The number of para-hydroxylation sites is 1. The predicted molar refractivity (Wildman–Crippen MR) is 86.3 cm³/mol. The number of carbonyl (C=O) groups is 2. The highest BCUT2D eigenvalue weighted by molar-refractivity contribution is 7.99. The predicted octanol–water partition coefficient (Wildman–Crippen LogP) is 3.72. The van der Waals surface area contributed by atoms with E-state index in [2.05, 4.69) is 5.32 Å². The molecule has 2 N–H and O–H groups in total. The molecular weight excluding hydrogens is 338 g/mol. The molecule has 1 saturated heterocycles. The first-order chi connectivity index (χ1) is 11.4. The van der Waals surface area contributed by atoms with Gasteiger partial charge in [-0.2, -0.15) is 8.78 Å².